The summed E-state index contributed by atoms with van der Waals surface area (Å²) in [6.45, 7) is 0. The number of anilines is 2. The lowest BCUT2D eigenvalue weighted by molar-refractivity contribution is 0.472. The average Bonchev–Trinajstić information content (AvgIpc) is 3.11. The number of benzene rings is 4. The molecule has 0 saturated heterocycles. The Hall–Kier alpha value is -3.72. The van der Waals surface area contributed by atoms with E-state index < -0.39 is 5.54 Å². The molecule has 3 heteroatoms. The molecule has 0 atom stereocenters. The van der Waals surface area contributed by atoms with Crippen LogP contribution in [0, 0.1) is 0 Å². The van der Waals surface area contributed by atoms with Crippen LogP contribution < -0.4 is 4.90 Å². The lowest BCUT2D eigenvalue weighted by Gasteiger charge is -2.41. The molecular weight excluding hydrogens is 358 g/mol. The minimum absolute atomic E-state index is 0.247. The zero-order chi connectivity index (χ0) is 19.8. The summed E-state index contributed by atoms with van der Waals surface area (Å²) in [7, 11) is 0. The fourth-order valence-corrected chi connectivity index (χ4v) is 4.48. The smallest absolute Gasteiger partial charge is 0.115 e. The third-order valence-corrected chi connectivity index (χ3v) is 5.76. The number of phenols is 2. The Morgan fingerprint density at radius 2 is 1.10 bits per heavy atom. The standard InChI is InChI=1S/C26H21NO2/c28-23-14-10-20(11-15-23)26(21-12-16-24(29)17-13-21)18-19-6-4-5-9-25(19)27(26)22-7-2-1-3-8-22/h1-17,28-29H,18H2. The molecule has 0 radical (unpaired) electrons. The van der Waals surface area contributed by atoms with Gasteiger partial charge >= 0.3 is 0 Å². The number of rotatable bonds is 3. The average molecular weight is 379 g/mol. The molecule has 1 heterocycles. The highest BCUT2D eigenvalue weighted by Crippen LogP contribution is 2.53. The maximum Gasteiger partial charge on any atom is 0.115 e. The molecule has 142 valence electrons. The van der Waals surface area contributed by atoms with Crippen LogP contribution in [0.4, 0.5) is 11.4 Å². The van der Waals surface area contributed by atoms with Crippen LogP contribution in [0.25, 0.3) is 0 Å². The molecule has 2 N–H and O–H groups in total. The van der Waals surface area contributed by atoms with Crippen LogP contribution in [0.3, 0.4) is 0 Å². The Balaban J connectivity index is 1.83. The van der Waals surface area contributed by atoms with Crippen LogP contribution in [0.2, 0.25) is 0 Å². The predicted octanol–water partition coefficient (Wildman–Crippen LogP) is 5.74. The first-order valence-corrected chi connectivity index (χ1v) is 9.71. The highest BCUT2D eigenvalue weighted by molar-refractivity contribution is 5.77. The number of hydrogen-bond donors (Lipinski definition) is 2. The van der Waals surface area contributed by atoms with Crippen molar-refractivity contribution < 1.29 is 10.2 Å². The van der Waals surface area contributed by atoms with E-state index in [4.69, 9.17) is 0 Å². The van der Waals surface area contributed by atoms with Crippen molar-refractivity contribution in [2.45, 2.75) is 12.0 Å². The quantitative estimate of drug-likeness (QED) is 0.477. The lowest BCUT2D eigenvalue weighted by atomic mass is 9.79. The van der Waals surface area contributed by atoms with Crippen molar-refractivity contribution in [1.29, 1.82) is 0 Å². The minimum Gasteiger partial charge on any atom is -0.508 e. The largest absolute Gasteiger partial charge is 0.508 e. The first-order chi connectivity index (χ1) is 14.2. The van der Waals surface area contributed by atoms with Crippen molar-refractivity contribution in [2.75, 3.05) is 4.90 Å². The summed E-state index contributed by atoms with van der Waals surface area (Å²) in [5, 5.41) is 19.8. The Morgan fingerprint density at radius 3 is 1.69 bits per heavy atom. The van der Waals surface area contributed by atoms with E-state index in [0.29, 0.717) is 0 Å². The van der Waals surface area contributed by atoms with Crippen LogP contribution in [0.5, 0.6) is 11.5 Å². The summed E-state index contributed by atoms with van der Waals surface area (Å²) in [4.78, 5) is 2.38. The van der Waals surface area contributed by atoms with Crippen LogP contribution in [-0.4, -0.2) is 10.2 Å². The van der Waals surface area contributed by atoms with E-state index in [1.807, 2.05) is 30.3 Å². The van der Waals surface area contributed by atoms with Gasteiger partial charge in [0.1, 0.15) is 11.5 Å². The molecule has 0 unspecified atom stereocenters. The van der Waals surface area contributed by atoms with E-state index in [0.717, 1.165) is 23.2 Å². The zero-order valence-corrected chi connectivity index (χ0v) is 15.9. The van der Waals surface area contributed by atoms with Gasteiger partial charge in [-0.25, -0.2) is 0 Å². The number of nitrogens with zero attached hydrogens (tertiary/aromatic N) is 1. The monoisotopic (exact) mass is 379 g/mol. The van der Waals surface area contributed by atoms with Gasteiger partial charge in [-0.1, -0.05) is 60.7 Å². The topological polar surface area (TPSA) is 43.7 Å². The number of hydrogen-bond acceptors (Lipinski definition) is 3. The second kappa shape index (κ2) is 6.71. The Labute approximate surface area is 170 Å². The minimum atomic E-state index is -0.494. The highest BCUT2D eigenvalue weighted by atomic mass is 16.3. The number of aromatic hydroxyl groups is 2. The third kappa shape index (κ3) is 2.74. The molecule has 3 nitrogen and oxygen atoms in total. The molecule has 4 aromatic rings. The van der Waals surface area contributed by atoms with Gasteiger partial charge in [0, 0.05) is 17.8 Å². The first-order valence-electron chi connectivity index (χ1n) is 9.71. The molecule has 0 spiro atoms. The zero-order valence-electron chi connectivity index (χ0n) is 15.9. The fourth-order valence-electron chi connectivity index (χ4n) is 4.48. The number of phenolic OH excluding ortho intramolecular Hbond substituents is 2. The molecule has 0 amide bonds. The molecule has 0 saturated carbocycles. The van der Waals surface area contributed by atoms with Gasteiger partial charge in [-0.05, 0) is 59.2 Å². The maximum atomic E-state index is 9.90. The Bertz CT molecular complexity index is 1090. The van der Waals surface area contributed by atoms with Crippen LogP contribution in [0.1, 0.15) is 16.7 Å². The molecule has 0 aliphatic carbocycles. The van der Waals surface area contributed by atoms with Gasteiger partial charge in [0.2, 0.25) is 0 Å². The van der Waals surface area contributed by atoms with E-state index in [1.54, 1.807) is 24.3 Å². The Kier molecular flexibility index (Phi) is 4.02. The van der Waals surface area contributed by atoms with Gasteiger partial charge in [-0.15, -0.1) is 0 Å². The van der Waals surface area contributed by atoms with Crippen LogP contribution in [-0.2, 0) is 12.0 Å². The summed E-state index contributed by atoms with van der Waals surface area (Å²) in [6.07, 6.45) is 0.785. The first kappa shape index (κ1) is 17.4. The summed E-state index contributed by atoms with van der Waals surface area (Å²) >= 11 is 0. The van der Waals surface area contributed by atoms with Gasteiger partial charge < -0.3 is 15.1 Å². The van der Waals surface area contributed by atoms with E-state index in [1.165, 1.54) is 11.3 Å². The second-order valence-corrected chi connectivity index (χ2v) is 7.43. The lowest BCUT2D eigenvalue weighted by Crippen LogP contribution is -2.42. The number of fused-ring (bicyclic) bond motifs is 1. The summed E-state index contributed by atoms with van der Waals surface area (Å²) in [6, 6.07) is 33.8. The van der Waals surface area contributed by atoms with Crippen molar-refractivity contribution in [3.8, 4) is 11.5 Å². The summed E-state index contributed by atoms with van der Waals surface area (Å²) in [5.41, 5.74) is 5.20. The van der Waals surface area contributed by atoms with Gasteiger partial charge in [-0.2, -0.15) is 0 Å². The molecule has 1 aliphatic heterocycles. The van der Waals surface area contributed by atoms with Crippen molar-refractivity contribution >= 4 is 11.4 Å². The molecule has 0 aromatic heterocycles. The van der Waals surface area contributed by atoms with Gasteiger partial charge in [0.25, 0.3) is 0 Å². The molecule has 29 heavy (non-hydrogen) atoms. The fraction of sp³-hybridized carbons (Fsp3) is 0.0769. The third-order valence-electron chi connectivity index (χ3n) is 5.76. The molecule has 0 bridgehead atoms. The molecule has 5 rings (SSSR count). The van der Waals surface area contributed by atoms with Crippen molar-refractivity contribution in [3.63, 3.8) is 0 Å². The summed E-state index contributed by atoms with van der Waals surface area (Å²) < 4.78 is 0. The van der Waals surface area contributed by atoms with Gasteiger partial charge in [0.15, 0.2) is 0 Å². The van der Waals surface area contributed by atoms with Gasteiger partial charge in [-0.3, -0.25) is 0 Å². The summed E-state index contributed by atoms with van der Waals surface area (Å²) in [5.74, 6) is 0.493. The van der Waals surface area contributed by atoms with Crippen molar-refractivity contribution in [1.82, 2.24) is 0 Å². The Morgan fingerprint density at radius 1 is 0.586 bits per heavy atom. The maximum absolute atomic E-state index is 9.90. The predicted molar refractivity (Wildman–Crippen MR) is 116 cm³/mol. The number of para-hydroxylation sites is 2. The van der Waals surface area contributed by atoms with Crippen LogP contribution in [0.15, 0.2) is 103 Å². The van der Waals surface area contributed by atoms with Crippen LogP contribution >= 0.6 is 0 Å². The van der Waals surface area contributed by atoms with Crippen molar-refractivity contribution in [3.05, 3.63) is 120 Å². The molecule has 1 aliphatic rings. The van der Waals surface area contributed by atoms with E-state index in [9.17, 15) is 10.2 Å². The second-order valence-electron chi connectivity index (χ2n) is 7.43. The molecular formula is C26H21NO2. The SMILES string of the molecule is Oc1ccc(C2(c3ccc(O)cc3)Cc3ccccc3N2c2ccccc2)cc1. The molecule has 4 aromatic carbocycles. The molecule has 0 fully saturated rings. The normalized spacial score (nSPS) is 14.6. The van der Waals surface area contributed by atoms with E-state index >= 15 is 0 Å². The van der Waals surface area contributed by atoms with E-state index in [-0.39, 0.29) is 11.5 Å². The van der Waals surface area contributed by atoms with E-state index in [2.05, 4.69) is 53.4 Å². The van der Waals surface area contributed by atoms with Gasteiger partial charge in [0.05, 0.1) is 5.54 Å². The highest BCUT2D eigenvalue weighted by Gasteiger charge is 2.47. The van der Waals surface area contributed by atoms with Crippen molar-refractivity contribution in [2.24, 2.45) is 0 Å².